The highest BCUT2D eigenvalue weighted by Gasteiger charge is 2.36. The first-order valence-electron chi connectivity index (χ1n) is 12.9. The second-order valence-corrected chi connectivity index (χ2v) is 9.86. The Morgan fingerprint density at radius 3 is 2.61 bits per heavy atom. The summed E-state index contributed by atoms with van der Waals surface area (Å²) in [6, 6.07) is 7.67. The van der Waals surface area contributed by atoms with Gasteiger partial charge < -0.3 is 30.0 Å². The third kappa shape index (κ3) is 6.66. The Labute approximate surface area is 237 Å². The van der Waals surface area contributed by atoms with Gasteiger partial charge in [0.15, 0.2) is 0 Å². The molecule has 0 unspecified atom stereocenters. The fourth-order valence-corrected chi connectivity index (χ4v) is 4.84. The highest BCUT2D eigenvalue weighted by molar-refractivity contribution is 6.36. The Hall–Kier alpha value is -4.03. The number of urea groups is 1. The van der Waals surface area contributed by atoms with E-state index in [1.165, 1.54) is 30.5 Å². The van der Waals surface area contributed by atoms with Crippen molar-refractivity contribution in [2.24, 2.45) is 0 Å². The maximum Gasteiger partial charge on any atom is 0.420 e. The summed E-state index contributed by atoms with van der Waals surface area (Å²) >= 11 is 6.17. The van der Waals surface area contributed by atoms with Crippen LogP contribution in [0.2, 0.25) is 5.02 Å². The SMILES string of the molecule is CCN1CCC(Oc2ccc(NC(=O)Nc3ccc(Oc4ccnc5[nH]cc(Cl)c45)cc3F)cc2C(F)(F)F)CC1. The number of aromatic amines is 1. The highest BCUT2D eigenvalue weighted by Crippen LogP contribution is 2.39. The number of alkyl halides is 3. The molecule has 216 valence electrons. The third-order valence-corrected chi connectivity index (χ3v) is 7.02. The second-order valence-electron chi connectivity index (χ2n) is 9.45. The number of benzene rings is 2. The molecule has 0 atom stereocenters. The Bertz CT molecular complexity index is 1550. The van der Waals surface area contributed by atoms with Gasteiger partial charge in [-0.15, -0.1) is 0 Å². The van der Waals surface area contributed by atoms with Crippen LogP contribution in [0, 0.1) is 5.82 Å². The second kappa shape index (κ2) is 11.8. The van der Waals surface area contributed by atoms with E-state index in [9.17, 15) is 22.4 Å². The monoisotopic (exact) mass is 591 g/mol. The molecule has 1 saturated heterocycles. The molecule has 3 N–H and O–H groups in total. The minimum atomic E-state index is -4.71. The van der Waals surface area contributed by atoms with Gasteiger partial charge in [-0.25, -0.2) is 14.2 Å². The standard InChI is InChI=1S/C28H26ClF4N5O3/c1-2-38-11-8-17(9-12-38)40-23-6-3-16(13-19(23)28(31,32)33)36-27(39)37-22-5-4-18(14-21(22)30)41-24-7-10-34-26-25(24)20(29)15-35-26/h3-7,10,13-15,17H,2,8-9,11-12H2,1H3,(H,34,35)(H2,36,37,39). The summed E-state index contributed by atoms with van der Waals surface area (Å²) in [7, 11) is 0. The van der Waals surface area contributed by atoms with Crippen LogP contribution >= 0.6 is 11.6 Å². The lowest BCUT2D eigenvalue weighted by molar-refractivity contribution is -0.139. The number of ether oxygens (including phenoxy) is 2. The largest absolute Gasteiger partial charge is 0.490 e. The fraction of sp³-hybridized carbons (Fsp3) is 0.286. The van der Waals surface area contributed by atoms with Gasteiger partial charge in [0.1, 0.15) is 34.8 Å². The number of pyridine rings is 1. The lowest BCUT2D eigenvalue weighted by atomic mass is 10.1. The molecule has 1 aliphatic rings. The number of H-pyrrole nitrogens is 1. The van der Waals surface area contributed by atoms with E-state index in [0.29, 0.717) is 34.6 Å². The van der Waals surface area contributed by atoms with E-state index in [1.54, 1.807) is 12.3 Å². The topological polar surface area (TPSA) is 91.5 Å². The minimum Gasteiger partial charge on any atom is -0.490 e. The Morgan fingerprint density at radius 1 is 1.12 bits per heavy atom. The number of likely N-dealkylation sites (tertiary alicyclic amines) is 1. The summed E-state index contributed by atoms with van der Waals surface area (Å²) in [6.07, 6.45) is -0.750. The lowest BCUT2D eigenvalue weighted by Gasteiger charge is -2.31. The Balaban J connectivity index is 1.25. The molecule has 13 heteroatoms. The predicted molar refractivity (Wildman–Crippen MR) is 147 cm³/mol. The van der Waals surface area contributed by atoms with Gasteiger partial charge in [-0.3, -0.25) is 0 Å². The molecule has 1 aliphatic heterocycles. The van der Waals surface area contributed by atoms with Gasteiger partial charge in [0.2, 0.25) is 0 Å². The molecule has 0 bridgehead atoms. The first kappa shape index (κ1) is 28.5. The van der Waals surface area contributed by atoms with Crippen LogP contribution in [0.3, 0.4) is 0 Å². The Kier molecular flexibility index (Phi) is 8.22. The molecule has 0 aliphatic carbocycles. The maximum absolute atomic E-state index is 14.8. The minimum absolute atomic E-state index is 0.129. The number of nitrogens with one attached hydrogen (secondary N) is 3. The van der Waals surface area contributed by atoms with Crippen molar-refractivity contribution >= 4 is 40.0 Å². The van der Waals surface area contributed by atoms with Crippen LogP contribution in [0.15, 0.2) is 54.9 Å². The van der Waals surface area contributed by atoms with Crippen LogP contribution < -0.4 is 20.1 Å². The number of nitrogens with zero attached hydrogens (tertiary/aromatic N) is 2. The number of anilines is 2. The van der Waals surface area contributed by atoms with Crippen LogP contribution in [-0.2, 0) is 6.18 Å². The molecule has 2 aromatic heterocycles. The number of hydrogen-bond donors (Lipinski definition) is 3. The van der Waals surface area contributed by atoms with Crippen molar-refractivity contribution in [1.29, 1.82) is 0 Å². The van der Waals surface area contributed by atoms with Gasteiger partial charge >= 0.3 is 12.2 Å². The van der Waals surface area contributed by atoms with Crippen molar-refractivity contribution in [3.05, 3.63) is 71.3 Å². The molecule has 2 amide bonds. The van der Waals surface area contributed by atoms with Gasteiger partial charge in [0.25, 0.3) is 0 Å². The number of carbonyl (C=O) groups excluding carboxylic acids is 1. The molecule has 3 heterocycles. The van der Waals surface area contributed by atoms with E-state index in [1.807, 2.05) is 6.92 Å². The lowest BCUT2D eigenvalue weighted by Crippen LogP contribution is -2.38. The van der Waals surface area contributed by atoms with Crippen LogP contribution in [-0.4, -0.2) is 46.6 Å². The molecular weight excluding hydrogens is 566 g/mol. The molecule has 4 aromatic rings. The van der Waals surface area contributed by atoms with Gasteiger partial charge in [0, 0.05) is 37.2 Å². The first-order chi connectivity index (χ1) is 19.6. The van der Waals surface area contributed by atoms with Crippen LogP contribution in [0.25, 0.3) is 11.0 Å². The van der Waals surface area contributed by atoms with Crippen LogP contribution in [0.4, 0.5) is 33.7 Å². The molecule has 0 spiro atoms. The summed E-state index contributed by atoms with van der Waals surface area (Å²) in [5.74, 6) is -0.646. The van der Waals surface area contributed by atoms with Crippen molar-refractivity contribution in [2.75, 3.05) is 30.3 Å². The Morgan fingerprint density at radius 2 is 1.90 bits per heavy atom. The third-order valence-electron chi connectivity index (χ3n) is 6.72. The fourth-order valence-electron chi connectivity index (χ4n) is 4.60. The van der Waals surface area contributed by atoms with Crippen molar-refractivity contribution in [2.45, 2.75) is 32.0 Å². The molecule has 1 fully saturated rings. The zero-order valence-corrected chi connectivity index (χ0v) is 22.6. The molecule has 0 saturated carbocycles. The highest BCUT2D eigenvalue weighted by atomic mass is 35.5. The number of piperidine rings is 1. The van der Waals surface area contributed by atoms with E-state index < -0.39 is 23.6 Å². The average Bonchev–Trinajstić information content (AvgIpc) is 3.32. The van der Waals surface area contributed by atoms with Gasteiger partial charge in [-0.1, -0.05) is 18.5 Å². The number of fused-ring (bicyclic) bond motifs is 1. The zero-order valence-electron chi connectivity index (χ0n) is 21.8. The average molecular weight is 592 g/mol. The van der Waals surface area contributed by atoms with E-state index in [4.69, 9.17) is 21.1 Å². The van der Waals surface area contributed by atoms with Crippen molar-refractivity contribution in [1.82, 2.24) is 14.9 Å². The molecule has 2 aromatic carbocycles. The summed E-state index contributed by atoms with van der Waals surface area (Å²) in [5, 5.41) is 5.52. The predicted octanol–water partition coefficient (Wildman–Crippen LogP) is 7.67. The van der Waals surface area contributed by atoms with E-state index in [2.05, 4.69) is 25.5 Å². The summed E-state index contributed by atoms with van der Waals surface area (Å²) in [5.41, 5.74) is -0.848. The molecule has 8 nitrogen and oxygen atoms in total. The normalized spacial score (nSPS) is 14.7. The van der Waals surface area contributed by atoms with Gasteiger partial charge in [0.05, 0.1) is 21.7 Å². The number of rotatable bonds is 7. The van der Waals surface area contributed by atoms with Crippen LogP contribution in [0.5, 0.6) is 17.2 Å². The number of hydrogen-bond acceptors (Lipinski definition) is 5. The van der Waals surface area contributed by atoms with E-state index >= 15 is 0 Å². The molecule has 0 radical (unpaired) electrons. The summed E-state index contributed by atoms with van der Waals surface area (Å²) in [6.45, 7) is 4.41. The quantitative estimate of drug-likeness (QED) is 0.192. The van der Waals surface area contributed by atoms with Crippen molar-refractivity contribution < 1.29 is 31.8 Å². The number of aromatic nitrogens is 2. The maximum atomic E-state index is 14.8. The summed E-state index contributed by atoms with van der Waals surface area (Å²) < 4.78 is 67.7. The van der Waals surface area contributed by atoms with E-state index in [0.717, 1.165) is 31.8 Å². The number of halogens is 5. The molecule has 5 rings (SSSR count). The molecule has 41 heavy (non-hydrogen) atoms. The smallest absolute Gasteiger partial charge is 0.420 e. The zero-order chi connectivity index (χ0) is 29.1. The van der Waals surface area contributed by atoms with Gasteiger partial charge in [-0.05, 0) is 55.8 Å². The number of carbonyl (C=O) groups is 1. The van der Waals surface area contributed by atoms with Crippen molar-refractivity contribution in [3.8, 4) is 17.2 Å². The van der Waals surface area contributed by atoms with Gasteiger partial charge in [-0.2, -0.15) is 13.2 Å². The summed E-state index contributed by atoms with van der Waals surface area (Å²) in [4.78, 5) is 21.8. The number of amides is 2. The first-order valence-corrected chi connectivity index (χ1v) is 13.3. The van der Waals surface area contributed by atoms with E-state index in [-0.39, 0.29) is 29.0 Å². The van der Waals surface area contributed by atoms with Crippen molar-refractivity contribution in [3.63, 3.8) is 0 Å². The van der Waals surface area contributed by atoms with Crippen LogP contribution in [0.1, 0.15) is 25.3 Å². The molecular formula is C28H26ClF4N5O3.